The van der Waals surface area contributed by atoms with E-state index in [2.05, 4.69) is 5.32 Å². The predicted molar refractivity (Wildman–Crippen MR) is 92.5 cm³/mol. The number of sulfone groups is 1. The number of halogens is 1. The van der Waals surface area contributed by atoms with Crippen LogP contribution in [0.1, 0.15) is 18.9 Å². The fourth-order valence-corrected chi connectivity index (χ4v) is 4.69. The lowest BCUT2D eigenvalue weighted by atomic mass is 10.1. The largest absolute Gasteiger partial charge is 0.355 e. The molecule has 1 atom stereocenters. The lowest BCUT2D eigenvalue weighted by Gasteiger charge is -2.25. The summed E-state index contributed by atoms with van der Waals surface area (Å²) >= 11 is 5.83. The third kappa shape index (κ3) is 5.79. The van der Waals surface area contributed by atoms with Gasteiger partial charge in [0.25, 0.3) is 0 Å². The van der Waals surface area contributed by atoms with Gasteiger partial charge in [0, 0.05) is 17.6 Å². The number of benzene rings is 1. The summed E-state index contributed by atoms with van der Waals surface area (Å²) in [5.74, 6) is 0.329. The van der Waals surface area contributed by atoms with Crippen molar-refractivity contribution in [1.29, 1.82) is 0 Å². The number of nitrogens with one attached hydrogen (secondary N) is 1. The summed E-state index contributed by atoms with van der Waals surface area (Å²) in [6.07, 6.45) is 1.36. The van der Waals surface area contributed by atoms with Crippen LogP contribution in [0.25, 0.3) is 0 Å². The van der Waals surface area contributed by atoms with Gasteiger partial charge in [0.1, 0.15) is 0 Å². The third-order valence-corrected chi connectivity index (χ3v) is 6.13. The molecule has 1 saturated heterocycles. The fraction of sp³-hybridized carbons (Fsp3) is 0.562. The summed E-state index contributed by atoms with van der Waals surface area (Å²) in [4.78, 5) is 14.0. The zero-order valence-corrected chi connectivity index (χ0v) is 14.9. The van der Waals surface area contributed by atoms with Crippen molar-refractivity contribution < 1.29 is 13.2 Å². The van der Waals surface area contributed by atoms with Crippen molar-refractivity contribution in [2.24, 2.45) is 0 Å². The molecule has 0 radical (unpaired) electrons. The van der Waals surface area contributed by atoms with Crippen molar-refractivity contribution in [3.05, 3.63) is 34.9 Å². The van der Waals surface area contributed by atoms with Gasteiger partial charge in [-0.2, -0.15) is 0 Å². The Morgan fingerprint density at radius 3 is 2.61 bits per heavy atom. The molecule has 1 heterocycles. The second-order valence-electron chi connectivity index (χ2n) is 5.85. The van der Waals surface area contributed by atoms with Crippen LogP contribution in [-0.4, -0.2) is 56.4 Å². The molecule has 1 aromatic rings. The number of hydrogen-bond donors (Lipinski definition) is 1. The average Bonchev–Trinajstić information content (AvgIpc) is 2.87. The molecule has 1 N–H and O–H groups in total. The number of likely N-dealkylation sites (N-methyl/N-ethyl adjacent to an activating group) is 1. The molecule has 1 aliphatic heterocycles. The molecule has 0 aromatic heterocycles. The molecular weight excluding hydrogens is 336 g/mol. The highest BCUT2D eigenvalue weighted by atomic mass is 35.5. The van der Waals surface area contributed by atoms with Crippen LogP contribution in [0.3, 0.4) is 0 Å². The lowest BCUT2D eigenvalue weighted by molar-refractivity contribution is -0.122. The molecule has 0 aliphatic carbocycles. The number of carbonyl (C=O) groups is 1. The third-order valence-electron chi connectivity index (χ3n) is 4.13. The Balaban J connectivity index is 1.75. The molecule has 23 heavy (non-hydrogen) atoms. The number of hydrogen-bond acceptors (Lipinski definition) is 4. The van der Waals surface area contributed by atoms with E-state index < -0.39 is 9.84 Å². The molecule has 0 saturated carbocycles. The second kappa shape index (κ2) is 8.13. The smallest absolute Gasteiger partial charge is 0.234 e. The Kier molecular flexibility index (Phi) is 6.44. The zero-order valence-electron chi connectivity index (χ0n) is 13.3. The van der Waals surface area contributed by atoms with Crippen LogP contribution in [0.4, 0.5) is 0 Å². The maximum Gasteiger partial charge on any atom is 0.234 e. The minimum absolute atomic E-state index is 0.0352. The molecule has 2 rings (SSSR count). The van der Waals surface area contributed by atoms with Crippen LogP contribution in [0.15, 0.2) is 24.3 Å². The van der Waals surface area contributed by atoms with Gasteiger partial charge in [0.05, 0.1) is 18.1 Å². The van der Waals surface area contributed by atoms with E-state index in [0.717, 1.165) is 12.0 Å². The van der Waals surface area contributed by atoms with Crippen LogP contribution in [0, 0.1) is 0 Å². The molecule has 1 fully saturated rings. The zero-order chi connectivity index (χ0) is 16.9. The SMILES string of the molecule is CCN(CC(=O)NCCc1ccc(Cl)cc1)C1CCS(=O)(=O)C1. The maximum atomic E-state index is 12.1. The second-order valence-corrected chi connectivity index (χ2v) is 8.51. The van der Waals surface area contributed by atoms with Crippen molar-refractivity contribution >= 4 is 27.3 Å². The van der Waals surface area contributed by atoms with Crippen LogP contribution in [0.2, 0.25) is 5.02 Å². The lowest BCUT2D eigenvalue weighted by Crippen LogP contribution is -2.43. The van der Waals surface area contributed by atoms with E-state index in [-0.39, 0.29) is 30.0 Å². The molecule has 1 unspecified atom stereocenters. The van der Waals surface area contributed by atoms with Crippen LogP contribution in [-0.2, 0) is 21.1 Å². The number of carbonyl (C=O) groups excluding carboxylic acids is 1. The minimum Gasteiger partial charge on any atom is -0.355 e. The van der Waals surface area contributed by atoms with Gasteiger partial charge < -0.3 is 5.32 Å². The molecule has 5 nitrogen and oxygen atoms in total. The van der Waals surface area contributed by atoms with E-state index in [9.17, 15) is 13.2 Å². The Labute approximate surface area is 142 Å². The van der Waals surface area contributed by atoms with E-state index in [1.807, 2.05) is 36.1 Å². The number of rotatable bonds is 7. The van der Waals surface area contributed by atoms with Gasteiger partial charge >= 0.3 is 0 Å². The predicted octanol–water partition coefficient (Wildman–Crippen LogP) is 1.51. The molecule has 0 bridgehead atoms. The molecule has 0 spiro atoms. The molecule has 1 aliphatic rings. The van der Waals surface area contributed by atoms with Gasteiger partial charge in [-0.1, -0.05) is 30.7 Å². The van der Waals surface area contributed by atoms with E-state index in [0.29, 0.717) is 24.5 Å². The van der Waals surface area contributed by atoms with Crippen LogP contribution < -0.4 is 5.32 Å². The summed E-state index contributed by atoms with van der Waals surface area (Å²) in [6, 6.07) is 7.51. The summed E-state index contributed by atoms with van der Waals surface area (Å²) < 4.78 is 23.1. The highest BCUT2D eigenvalue weighted by molar-refractivity contribution is 7.91. The van der Waals surface area contributed by atoms with E-state index in [1.54, 1.807) is 0 Å². The fourth-order valence-electron chi connectivity index (χ4n) is 2.80. The average molecular weight is 359 g/mol. The van der Waals surface area contributed by atoms with Gasteiger partial charge in [-0.3, -0.25) is 9.69 Å². The summed E-state index contributed by atoms with van der Waals surface area (Å²) in [5, 5.41) is 3.59. The first-order valence-corrected chi connectivity index (χ1v) is 10.0. The topological polar surface area (TPSA) is 66.5 Å². The van der Waals surface area contributed by atoms with E-state index in [4.69, 9.17) is 11.6 Å². The normalized spacial score (nSPS) is 19.9. The molecule has 7 heteroatoms. The standard InChI is InChI=1S/C16H23ClN2O3S/c1-2-19(15-8-10-23(21,22)12-15)11-16(20)18-9-7-13-3-5-14(17)6-4-13/h3-6,15H,2,7-12H2,1H3,(H,18,20). The Morgan fingerprint density at radius 2 is 2.04 bits per heavy atom. The quantitative estimate of drug-likeness (QED) is 0.802. The van der Waals surface area contributed by atoms with Crippen LogP contribution in [0.5, 0.6) is 0 Å². The minimum atomic E-state index is -2.93. The Hall–Kier alpha value is -1.11. The van der Waals surface area contributed by atoms with Crippen molar-refractivity contribution in [2.75, 3.05) is 31.1 Å². The Bertz CT molecular complexity index is 631. The first kappa shape index (κ1) is 18.2. The summed E-state index contributed by atoms with van der Waals surface area (Å²) in [5.41, 5.74) is 1.11. The molecule has 1 aromatic carbocycles. The van der Waals surface area contributed by atoms with Gasteiger partial charge in [0.2, 0.25) is 5.91 Å². The maximum absolute atomic E-state index is 12.1. The Morgan fingerprint density at radius 1 is 1.35 bits per heavy atom. The summed E-state index contributed by atoms with van der Waals surface area (Å²) in [6.45, 7) is 3.43. The van der Waals surface area contributed by atoms with Crippen molar-refractivity contribution in [2.45, 2.75) is 25.8 Å². The number of amides is 1. The van der Waals surface area contributed by atoms with Gasteiger partial charge in [-0.15, -0.1) is 0 Å². The number of nitrogens with zero attached hydrogens (tertiary/aromatic N) is 1. The van der Waals surface area contributed by atoms with Gasteiger partial charge in [-0.25, -0.2) is 8.42 Å². The van der Waals surface area contributed by atoms with Crippen molar-refractivity contribution in [3.8, 4) is 0 Å². The van der Waals surface area contributed by atoms with Crippen LogP contribution >= 0.6 is 11.6 Å². The van der Waals surface area contributed by atoms with Gasteiger partial charge in [0.15, 0.2) is 9.84 Å². The molecular formula is C16H23ClN2O3S. The van der Waals surface area contributed by atoms with E-state index >= 15 is 0 Å². The van der Waals surface area contributed by atoms with Crippen molar-refractivity contribution in [3.63, 3.8) is 0 Å². The highest BCUT2D eigenvalue weighted by Gasteiger charge is 2.32. The monoisotopic (exact) mass is 358 g/mol. The highest BCUT2D eigenvalue weighted by Crippen LogP contribution is 2.17. The van der Waals surface area contributed by atoms with E-state index in [1.165, 1.54) is 0 Å². The molecule has 128 valence electrons. The first-order chi connectivity index (χ1) is 10.9. The van der Waals surface area contributed by atoms with Crippen molar-refractivity contribution in [1.82, 2.24) is 10.2 Å². The van der Waals surface area contributed by atoms with Gasteiger partial charge in [-0.05, 0) is 37.1 Å². The first-order valence-electron chi connectivity index (χ1n) is 7.85. The summed E-state index contributed by atoms with van der Waals surface area (Å²) in [7, 11) is -2.93. The molecule has 1 amide bonds.